The van der Waals surface area contributed by atoms with Gasteiger partial charge >= 0.3 is 0 Å². The summed E-state index contributed by atoms with van der Waals surface area (Å²) < 4.78 is 0. The van der Waals surface area contributed by atoms with E-state index >= 15 is 0 Å². The highest BCUT2D eigenvalue weighted by Gasteiger charge is 2.16. The lowest BCUT2D eigenvalue weighted by molar-refractivity contribution is 0.282. The van der Waals surface area contributed by atoms with Crippen LogP contribution in [0.25, 0.3) is 0 Å². The quantitative estimate of drug-likeness (QED) is 0.206. The number of hydrogen-bond donors (Lipinski definition) is 0. The minimum Gasteiger partial charge on any atom is -0.0654 e. The average Bonchev–Trinajstić information content (AvgIpc) is 2.55. The fourth-order valence-electron chi connectivity index (χ4n) is 3.78. The Morgan fingerprint density at radius 3 is 0.917 bits per heavy atom. The van der Waals surface area contributed by atoms with E-state index in [0.717, 1.165) is 0 Å². The smallest absolute Gasteiger partial charge is 0.0354 e. The topological polar surface area (TPSA) is 0 Å². The van der Waals surface area contributed by atoms with E-state index in [9.17, 15) is 0 Å². The molecule has 146 valence electrons. The van der Waals surface area contributed by atoms with E-state index < -0.39 is 0 Å². The maximum atomic E-state index is 2.50. The van der Waals surface area contributed by atoms with Crippen LogP contribution in [-0.2, 0) is 0 Å². The molecular formula is C24H50. The zero-order valence-corrected chi connectivity index (χ0v) is 17.9. The van der Waals surface area contributed by atoms with Crippen LogP contribution >= 0.6 is 0 Å². The maximum absolute atomic E-state index is 2.50. The molecule has 0 bridgehead atoms. The second kappa shape index (κ2) is 17.8. The summed E-state index contributed by atoms with van der Waals surface area (Å²) in [4.78, 5) is 0. The van der Waals surface area contributed by atoms with Crippen LogP contribution in [0.2, 0.25) is 0 Å². The molecule has 0 aliphatic carbocycles. The van der Waals surface area contributed by atoms with Gasteiger partial charge in [0.15, 0.2) is 0 Å². The molecule has 0 aliphatic rings. The van der Waals surface area contributed by atoms with Crippen LogP contribution in [0.4, 0.5) is 0 Å². The van der Waals surface area contributed by atoms with Gasteiger partial charge in [0.25, 0.3) is 0 Å². The Hall–Kier alpha value is 0. The highest BCUT2D eigenvalue weighted by molar-refractivity contribution is 4.68. The third-order valence-electron chi connectivity index (χ3n) is 5.66. The third-order valence-corrected chi connectivity index (χ3v) is 5.66. The molecule has 0 heterocycles. The Morgan fingerprint density at radius 2 is 0.625 bits per heavy atom. The Morgan fingerprint density at radius 1 is 0.375 bits per heavy atom. The lowest BCUT2D eigenvalue weighted by Crippen LogP contribution is -2.11. The first-order chi connectivity index (χ1) is 11.6. The van der Waals surface area contributed by atoms with Gasteiger partial charge < -0.3 is 0 Å². The summed E-state index contributed by atoms with van der Waals surface area (Å²) in [7, 11) is 0. The first-order valence-corrected chi connectivity index (χ1v) is 11.6. The normalized spacial score (nSPS) is 12.0. The van der Waals surface area contributed by atoms with Gasteiger partial charge in [0.05, 0.1) is 0 Å². The molecule has 0 radical (unpaired) electrons. The van der Waals surface area contributed by atoms with Gasteiger partial charge in [-0.15, -0.1) is 0 Å². The van der Waals surface area contributed by atoms with E-state index in [4.69, 9.17) is 0 Å². The van der Waals surface area contributed by atoms with E-state index in [1.54, 1.807) is 0 Å². The summed E-state index contributed by atoms with van der Waals surface area (Å²) in [5.74, 6) is 0. The first kappa shape index (κ1) is 24.0. The summed E-state index contributed by atoms with van der Waals surface area (Å²) in [6.45, 7) is 9.60. The van der Waals surface area contributed by atoms with Crippen molar-refractivity contribution in [2.75, 3.05) is 0 Å². The Bertz CT molecular complexity index is 228. The lowest BCUT2D eigenvalue weighted by atomic mass is 9.82. The predicted octanol–water partition coefficient (Wildman–Crippen LogP) is 9.46. The fourth-order valence-corrected chi connectivity index (χ4v) is 3.78. The SMILES string of the molecule is CCCCCCCCCCCC(C)(C)CCCCCCCCCC. The highest BCUT2D eigenvalue weighted by atomic mass is 14.2. The van der Waals surface area contributed by atoms with Crippen molar-refractivity contribution < 1.29 is 0 Å². The van der Waals surface area contributed by atoms with Gasteiger partial charge in [0, 0.05) is 0 Å². The molecule has 0 rings (SSSR count). The molecular weight excluding hydrogens is 288 g/mol. The molecule has 0 saturated carbocycles. The van der Waals surface area contributed by atoms with Gasteiger partial charge in [-0.3, -0.25) is 0 Å². The van der Waals surface area contributed by atoms with E-state index in [1.807, 2.05) is 0 Å². The molecule has 0 unspecified atom stereocenters. The monoisotopic (exact) mass is 338 g/mol. The molecule has 0 saturated heterocycles. The van der Waals surface area contributed by atoms with Crippen molar-refractivity contribution in [2.45, 2.75) is 150 Å². The molecule has 0 nitrogen and oxygen atoms in total. The molecule has 0 aliphatic heterocycles. The lowest BCUT2D eigenvalue weighted by Gasteiger charge is -2.24. The van der Waals surface area contributed by atoms with Gasteiger partial charge in [-0.25, -0.2) is 0 Å². The van der Waals surface area contributed by atoms with E-state index in [0.29, 0.717) is 5.41 Å². The average molecular weight is 339 g/mol. The second-order valence-corrected chi connectivity index (χ2v) is 8.97. The van der Waals surface area contributed by atoms with Crippen LogP contribution < -0.4 is 0 Å². The molecule has 0 amide bonds. The standard InChI is InChI=1S/C24H50/c1-5-7-9-11-13-15-17-19-21-23-24(3,4)22-20-18-16-14-12-10-8-6-2/h5-23H2,1-4H3. The zero-order valence-electron chi connectivity index (χ0n) is 17.9. The van der Waals surface area contributed by atoms with Crippen molar-refractivity contribution in [3.05, 3.63) is 0 Å². The minimum atomic E-state index is 0.587. The van der Waals surface area contributed by atoms with Gasteiger partial charge in [-0.2, -0.15) is 0 Å². The van der Waals surface area contributed by atoms with Crippen molar-refractivity contribution in [1.29, 1.82) is 0 Å². The van der Waals surface area contributed by atoms with Crippen molar-refractivity contribution >= 4 is 0 Å². The summed E-state index contributed by atoms with van der Waals surface area (Å²) in [6.07, 6.45) is 27.6. The van der Waals surface area contributed by atoms with Crippen LogP contribution in [-0.4, -0.2) is 0 Å². The summed E-state index contributed by atoms with van der Waals surface area (Å²) >= 11 is 0. The number of unbranched alkanes of at least 4 members (excludes halogenated alkanes) is 15. The molecule has 0 heteroatoms. The summed E-state index contributed by atoms with van der Waals surface area (Å²) in [5, 5.41) is 0. The van der Waals surface area contributed by atoms with Crippen LogP contribution in [0.1, 0.15) is 150 Å². The van der Waals surface area contributed by atoms with Gasteiger partial charge in [0.1, 0.15) is 0 Å². The Balaban J connectivity index is 3.32. The third kappa shape index (κ3) is 18.3. The molecule has 0 spiro atoms. The van der Waals surface area contributed by atoms with Gasteiger partial charge in [-0.1, -0.05) is 137 Å². The maximum Gasteiger partial charge on any atom is -0.0354 e. The van der Waals surface area contributed by atoms with Crippen molar-refractivity contribution in [1.82, 2.24) is 0 Å². The molecule has 0 aromatic heterocycles. The highest BCUT2D eigenvalue weighted by Crippen LogP contribution is 2.30. The van der Waals surface area contributed by atoms with Crippen LogP contribution in [0.5, 0.6) is 0 Å². The first-order valence-electron chi connectivity index (χ1n) is 11.6. The largest absolute Gasteiger partial charge is 0.0654 e. The van der Waals surface area contributed by atoms with Crippen LogP contribution in [0, 0.1) is 5.41 Å². The number of hydrogen-bond acceptors (Lipinski definition) is 0. The summed E-state index contributed by atoms with van der Waals surface area (Å²) in [5.41, 5.74) is 0.587. The van der Waals surface area contributed by atoms with Crippen molar-refractivity contribution in [3.63, 3.8) is 0 Å². The van der Waals surface area contributed by atoms with Crippen molar-refractivity contribution in [3.8, 4) is 0 Å². The minimum absolute atomic E-state index is 0.587. The molecule has 0 N–H and O–H groups in total. The van der Waals surface area contributed by atoms with Gasteiger partial charge in [0.2, 0.25) is 0 Å². The van der Waals surface area contributed by atoms with E-state index in [2.05, 4.69) is 27.7 Å². The molecule has 0 atom stereocenters. The molecule has 0 fully saturated rings. The fraction of sp³-hybridized carbons (Fsp3) is 1.00. The number of rotatable bonds is 19. The predicted molar refractivity (Wildman–Crippen MR) is 113 cm³/mol. The van der Waals surface area contributed by atoms with Crippen LogP contribution in [0.3, 0.4) is 0 Å². The van der Waals surface area contributed by atoms with Crippen molar-refractivity contribution in [2.24, 2.45) is 5.41 Å². The molecule has 0 aromatic carbocycles. The van der Waals surface area contributed by atoms with E-state index in [1.165, 1.54) is 122 Å². The Kier molecular flexibility index (Phi) is 17.8. The van der Waals surface area contributed by atoms with Crippen LogP contribution in [0.15, 0.2) is 0 Å². The summed E-state index contributed by atoms with van der Waals surface area (Å²) in [6, 6.07) is 0. The molecule has 0 aromatic rings. The van der Waals surface area contributed by atoms with Gasteiger partial charge in [-0.05, 0) is 18.3 Å². The molecule has 24 heavy (non-hydrogen) atoms. The van der Waals surface area contributed by atoms with E-state index in [-0.39, 0.29) is 0 Å². The Labute approximate surface area is 155 Å². The zero-order chi connectivity index (χ0) is 17.9. The second-order valence-electron chi connectivity index (χ2n) is 8.97.